The molecule has 0 atom stereocenters. The molecule has 0 bridgehead atoms. The quantitative estimate of drug-likeness (QED) is 0.219. The second-order valence-electron chi connectivity index (χ2n) is 6.42. The van der Waals surface area contributed by atoms with Gasteiger partial charge >= 0.3 is 13.4 Å². The Labute approximate surface area is 179 Å². The first kappa shape index (κ1) is 30.5. The molecule has 28 heavy (non-hydrogen) atoms. The van der Waals surface area contributed by atoms with Gasteiger partial charge in [-0.25, -0.2) is 0 Å². The van der Waals surface area contributed by atoms with Crippen molar-refractivity contribution in [3.8, 4) is 0 Å². The number of benzene rings is 1. The molecule has 0 heterocycles. The third-order valence-electron chi connectivity index (χ3n) is 3.72. The molecule has 0 aliphatic carbocycles. The van der Waals surface area contributed by atoms with Crippen LogP contribution in [0.2, 0.25) is 0 Å². The van der Waals surface area contributed by atoms with Crippen LogP contribution in [0.3, 0.4) is 0 Å². The maximum atomic E-state index is 7.56. The van der Waals surface area contributed by atoms with Crippen molar-refractivity contribution >= 4 is 37.1 Å². The molecule has 0 unspecified atom stereocenters. The fourth-order valence-electron chi connectivity index (χ4n) is 2.53. The molecular weight excluding hydrogens is 438 g/mol. The van der Waals surface area contributed by atoms with Crippen LogP contribution < -0.4 is 0 Å². The monoisotopic (exact) mass is 474 g/mol. The van der Waals surface area contributed by atoms with Crippen molar-refractivity contribution in [3.63, 3.8) is 0 Å². The highest BCUT2D eigenvalue weighted by Crippen LogP contribution is 2.27. The van der Waals surface area contributed by atoms with E-state index in [1.54, 1.807) is 11.1 Å². The molecule has 1 rings (SSSR count). The van der Waals surface area contributed by atoms with Crippen molar-refractivity contribution < 1.29 is 29.4 Å². The number of hydrogen-bond donors (Lipinski definition) is 6. The summed E-state index contributed by atoms with van der Waals surface area (Å²) in [4.78, 5) is 45.3. The van der Waals surface area contributed by atoms with E-state index in [0.717, 1.165) is 0 Å². The molecule has 0 spiro atoms. The summed E-state index contributed by atoms with van der Waals surface area (Å²) < 4.78 is 0. The van der Waals surface area contributed by atoms with Crippen LogP contribution in [0.25, 0.3) is 0 Å². The summed E-state index contributed by atoms with van der Waals surface area (Å²) in [6.07, 6.45) is 13.5. The summed E-state index contributed by atoms with van der Waals surface area (Å²) in [5, 5.41) is 0. The van der Waals surface area contributed by atoms with E-state index in [2.05, 4.69) is 61.7 Å². The van der Waals surface area contributed by atoms with Gasteiger partial charge in [-0.1, -0.05) is 76.6 Å². The number of rotatable bonds is 10. The molecule has 1 aromatic rings. The van der Waals surface area contributed by atoms with Gasteiger partial charge in [0, 0.05) is 0 Å². The number of unbranched alkanes of at least 4 members (excludes halogenated alkanes) is 6. The maximum absolute atomic E-state index is 7.56. The molecule has 166 valence electrons. The molecule has 0 amide bonds. The topological polar surface area (TPSA) is 121 Å². The van der Waals surface area contributed by atoms with Gasteiger partial charge in [-0.2, -0.15) is 0 Å². The molecule has 6 nitrogen and oxygen atoms in total. The van der Waals surface area contributed by atoms with Crippen LogP contribution in [0.15, 0.2) is 24.3 Å². The molecule has 0 radical (unpaired) electrons. The zero-order chi connectivity index (χ0) is 22.1. The first-order chi connectivity index (χ1) is 12.9. The molecule has 1 aromatic carbocycles. The lowest BCUT2D eigenvalue weighted by Gasteiger charge is -2.09. The molecule has 0 aliphatic heterocycles. The van der Waals surface area contributed by atoms with Crippen molar-refractivity contribution in [1.82, 2.24) is 0 Å². The van der Waals surface area contributed by atoms with Crippen molar-refractivity contribution in [3.05, 3.63) is 35.4 Å². The normalized spacial score (nSPS) is 11.1. The zero-order valence-electron chi connectivity index (χ0n) is 16.8. The van der Waals surface area contributed by atoms with E-state index < -0.39 is 13.4 Å². The Balaban J connectivity index is 0. The van der Waals surface area contributed by atoms with Gasteiger partial charge in [0.05, 0.1) is 0 Å². The van der Waals surface area contributed by atoms with Crippen LogP contribution in [-0.4, -0.2) is 29.4 Å². The van der Waals surface area contributed by atoms with Crippen LogP contribution >= 0.6 is 13.4 Å². The highest BCUT2D eigenvalue weighted by molar-refractivity contribution is 8.06. The number of hydrogen-bond acceptors (Lipinski definition) is 2. The average Bonchev–Trinajstić information content (AvgIpc) is 2.54. The van der Waals surface area contributed by atoms with Crippen LogP contribution in [-0.2, 0) is 36.5 Å². The molecule has 0 saturated carbocycles. The Kier molecular flexibility index (Phi) is 19.7. The van der Waals surface area contributed by atoms with Gasteiger partial charge in [0.15, 0.2) is 0 Å². The Morgan fingerprint density at radius 2 is 0.893 bits per heavy atom. The SMILES string of the molecule is CCCCCCc1ccccc1CCCCCC.OP(O)(O)=S.OP(O)(O)=S. The van der Waals surface area contributed by atoms with Gasteiger partial charge in [0.25, 0.3) is 0 Å². The first-order valence-electron chi connectivity index (χ1n) is 9.51. The molecule has 0 fully saturated rings. The lowest BCUT2D eigenvalue weighted by atomic mass is 9.97. The second-order valence-corrected chi connectivity index (χ2v) is 11.4. The van der Waals surface area contributed by atoms with E-state index in [-0.39, 0.29) is 0 Å². The van der Waals surface area contributed by atoms with Crippen molar-refractivity contribution in [2.45, 2.75) is 78.1 Å². The Hall–Kier alpha value is 0.280. The van der Waals surface area contributed by atoms with E-state index in [9.17, 15) is 0 Å². The highest BCUT2D eigenvalue weighted by atomic mass is 32.5. The Morgan fingerprint density at radius 3 is 1.14 bits per heavy atom. The van der Waals surface area contributed by atoms with E-state index in [0.29, 0.717) is 0 Å². The van der Waals surface area contributed by atoms with E-state index >= 15 is 0 Å². The predicted octanol–water partition coefficient (Wildman–Crippen LogP) is 4.31. The smallest absolute Gasteiger partial charge is 0.319 e. The van der Waals surface area contributed by atoms with Crippen LogP contribution in [0.1, 0.15) is 76.3 Å². The predicted molar refractivity (Wildman–Crippen MR) is 124 cm³/mol. The van der Waals surface area contributed by atoms with Gasteiger partial charge in [-0.3, -0.25) is 0 Å². The largest absolute Gasteiger partial charge is 0.325 e. The van der Waals surface area contributed by atoms with Crippen LogP contribution in [0.4, 0.5) is 0 Å². The first-order valence-corrected chi connectivity index (χ1v) is 14.8. The zero-order valence-corrected chi connectivity index (χ0v) is 20.2. The molecular formula is C18H36O6P2S2. The van der Waals surface area contributed by atoms with Crippen molar-refractivity contribution in [2.75, 3.05) is 0 Å². The molecule has 10 heteroatoms. The minimum atomic E-state index is -3.81. The number of aryl methyl sites for hydroxylation is 2. The Morgan fingerprint density at radius 1 is 0.607 bits per heavy atom. The van der Waals surface area contributed by atoms with Gasteiger partial charge in [-0.15, -0.1) is 0 Å². The second kappa shape index (κ2) is 18.1. The Bertz CT molecular complexity index is 522. The molecule has 6 N–H and O–H groups in total. The summed E-state index contributed by atoms with van der Waals surface area (Å²) in [7, 11) is 0. The van der Waals surface area contributed by atoms with E-state index in [1.807, 2.05) is 0 Å². The van der Waals surface area contributed by atoms with Gasteiger partial charge in [0.2, 0.25) is 0 Å². The van der Waals surface area contributed by atoms with Gasteiger partial charge in [0.1, 0.15) is 0 Å². The minimum Gasteiger partial charge on any atom is -0.325 e. The van der Waals surface area contributed by atoms with E-state index in [4.69, 9.17) is 29.4 Å². The van der Waals surface area contributed by atoms with E-state index in [1.165, 1.54) is 64.2 Å². The van der Waals surface area contributed by atoms with Crippen LogP contribution in [0, 0.1) is 0 Å². The fraction of sp³-hybridized carbons (Fsp3) is 0.667. The van der Waals surface area contributed by atoms with Gasteiger partial charge < -0.3 is 29.4 Å². The molecule has 0 aliphatic rings. The standard InChI is InChI=1S/C18H30.2H3O3PS/c1-3-5-7-9-13-17-15-11-12-16-18(17)14-10-8-6-4-2;2*1-4(2,3)5/h11-12,15-16H,3-10,13-14H2,1-2H3;2*(H3,1,2,3,5). The summed E-state index contributed by atoms with van der Waals surface area (Å²) in [5.41, 5.74) is 3.20. The summed E-state index contributed by atoms with van der Waals surface area (Å²) in [5.74, 6) is 0. The van der Waals surface area contributed by atoms with Gasteiger partial charge in [-0.05, 0) is 60.4 Å². The highest BCUT2D eigenvalue weighted by Gasteiger charge is 2.01. The summed E-state index contributed by atoms with van der Waals surface area (Å²) in [6, 6.07) is 9.07. The van der Waals surface area contributed by atoms with Crippen molar-refractivity contribution in [2.24, 2.45) is 0 Å². The van der Waals surface area contributed by atoms with Crippen molar-refractivity contribution in [1.29, 1.82) is 0 Å². The molecule has 0 saturated heterocycles. The fourth-order valence-corrected chi connectivity index (χ4v) is 2.53. The summed E-state index contributed by atoms with van der Waals surface area (Å²) >= 11 is 7.21. The summed E-state index contributed by atoms with van der Waals surface area (Å²) in [6.45, 7) is -3.05. The third-order valence-corrected chi connectivity index (χ3v) is 3.72. The third kappa shape index (κ3) is 31.0. The minimum absolute atomic E-state index is 1.28. The maximum Gasteiger partial charge on any atom is 0.319 e. The lowest BCUT2D eigenvalue weighted by Crippen LogP contribution is -1.95. The van der Waals surface area contributed by atoms with Crippen LogP contribution in [0.5, 0.6) is 0 Å². The molecule has 0 aromatic heterocycles. The lowest BCUT2D eigenvalue weighted by molar-refractivity contribution is 0.361. The average molecular weight is 475 g/mol.